The maximum Gasteiger partial charge on any atom is 0.274 e. The van der Waals surface area contributed by atoms with Crippen LogP contribution in [0.3, 0.4) is 0 Å². The van der Waals surface area contributed by atoms with Gasteiger partial charge in [0.15, 0.2) is 11.5 Å². The first-order valence-corrected chi connectivity index (χ1v) is 8.14. The normalized spacial score (nSPS) is 10.6. The molecule has 0 aliphatic rings. The second-order valence-corrected chi connectivity index (χ2v) is 5.57. The van der Waals surface area contributed by atoms with E-state index >= 15 is 0 Å². The topological polar surface area (TPSA) is 105 Å². The van der Waals surface area contributed by atoms with Crippen LogP contribution in [0.25, 0.3) is 22.5 Å². The number of nitrogens with one attached hydrogen (secondary N) is 1. The summed E-state index contributed by atoms with van der Waals surface area (Å²) in [6.07, 6.45) is 0. The van der Waals surface area contributed by atoms with Gasteiger partial charge in [0.2, 0.25) is 6.86 Å². The van der Waals surface area contributed by atoms with Crippen LogP contribution in [0.5, 0.6) is 17.2 Å². The summed E-state index contributed by atoms with van der Waals surface area (Å²) >= 11 is 0. The highest BCUT2D eigenvalue weighted by Gasteiger charge is 2.25. The standard InChI is InChI=1S/C19H17FN2O5/c1-2-21-19(25)17-16(11-3-6-13(7-4-11)26-10-20)18(27-22-17)14-8-5-12(23)9-15(14)24/h3-9,23-24H,2,10H2,1H3,(H,21,25)/i20-1. The Labute approximate surface area is 154 Å². The molecule has 0 bridgehead atoms. The van der Waals surface area contributed by atoms with Crippen LogP contribution < -0.4 is 10.1 Å². The van der Waals surface area contributed by atoms with E-state index in [1.807, 2.05) is 0 Å². The molecule has 7 nitrogen and oxygen atoms in total. The average molecular weight is 371 g/mol. The van der Waals surface area contributed by atoms with Gasteiger partial charge in [-0.1, -0.05) is 17.3 Å². The highest BCUT2D eigenvalue weighted by atomic mass is 18.2. The lowest BCUT2D eigenvalue weighted by molar-refractivity contribution is 0.0947. The van der Waals surface area contributed by atoms with Crippen molar-refractivity contribution in [3.05, 3.63) is 48.2 Å². The number of halogens is 1. The molecular formula is C19H17FN2O5. The molecule has 140 valence electrons. The van der Waals surface area contributed by atoms with E-state index in [1.54, 1.807) is 31.2 Å². The molecule has 1 heterocycles. The summed E-state index contributed by atoms with van der Waals surface area (Å²) in [6.45, 7) is 1.21. The van der Waals surface area contributed by atoms with E-state index in [9.17, 15) is 19.4 Å². The van der Waals surface area contributed by atoms with Crippen molar-refractivity contribution < 1.29 is 28.7 Å². The SMILES string of the molecule is CCNC(=O)c1noc(-c2ccc(O)cc2O)c1-c1ccc(OC[18F])cc1. The molecule has 2 aromatic carbocycles. The van der Waals surface area contributed by atoms with Crippen molar-refractivity contribution in [1.29, 1.82) is 0 Å². The summed E-state index contributed by atoms with van der Waals surface area (Å²) in [5.74, 6) is -0.301. The van der Waals surface area contributed by atoms with Gasteiger partial charge in [-0.3, -0.25) is 4.79 Å². The number of aromatic nitrogens is 1. The summed E-state index contributed by atoms with van der Waals surface area (Å²) in [5, 5.41) is 26.2. The zero-order valence-corrected chi connectivity index (χ0v) is 14.4. The minimum absolute atomic E-state index is 0.0403. The Hall–Kier alpha value is -3.55. The predicted molar refractivity (Wildman–Crippen MR) is 95.3 cm³/mol. The molecule has 0 fully saturated rings. The number of hydrogen-bond donors (Lipinski definition) is 3. The van der Waals surface area contributed by atoms with E-state index < -0.39 is 12.8 Å². The molecule has 3 aromatic rings. The molecule has 1 aromatic heterocycles. The maximum atomic E-state index is 12.4. The molecule has 0 radical (unpaired) electrons. The summed E-state index contributed by atoms with van der Waals surface area (Å²) in [7, 11) is 0. The average Bonchev–Trinajstić information content (AvgIpc) is 3.08. The van der Waals surface area contributed by atoms with Gasteiger partial charge in [0.05, 0.1) is 11.1 Å². The van der Waals surface area contributed by atoms with Gasteiger partial charge in [0.25, 0.3) is 5.91 Å². The molecule has 3 N–H and O–H groups in total. The third kappa shape index (κ3) is 3.69. The minimum Gasteiger partial charge on any atom is -0.508 e. The first kappa shape index (κ1) is 18.2. The molecular weight excluding hydrogens is 354 g/mol. The molecule has 0 aliphatic heterocycles. The highest BCUT2D eigenvalue weighted by Crippen LogP contribution is 2.40. The number of phenols is 2. The quantitative estimate of drug-likeness (QED) is 0.613. The monoisotopic (exact) mass is 371 g/mol. The molecule has 0 atom stereocenters. The molecule has 27 heavy (non-hydrogen) atoms. The van der Waals surface area contributed by atoms with Crippen LogP contribution in [-0.4, -0.2) is 34.7 Å². The van der Waals surface area contributed by atoms with Crippen molar-refractivity contribution >= 4 is 5.91 Å². The lowest BCUT2D eigenvalue weighted by atomic mass is 9.98. The Balaban J connectivity index is 2.16. The zero-order chi connectivity index (χ0) is 19.4. The fourth-order valence-corrected chi connectivity index (χ4v) is 2.63. The van der Waals surface area contributed by atoms with E-state index in [1.165, 1.54) is 12.1 Å². The highest BCUT2D eigenvalue weighted by molar-refractivity contribution is 6.02. The van der Waals surface area contributed by atoms with Gasteiger partial charge in [-0.05, 0) is 36.8 Å². The summed E-state index contributed by atoms with van der Waals surface area (Å²) in [6, 6.07) is 10.3. The zero-order valence-electron chi connectivity index (χ0n) is 14.4. The number of benzene rings is 2. The number of nitrogens with zero attached hydrogens (tertiary/aromatic N) is 1. The lowest BCUT2D eigenvalue weighted by Crippen LogP contribution is -2.23. The smallest absolute Gasteiger partial charge is 0.274 e. The van der Waals surface area contributed by atoms with E-state index in [-0.39, 0.29) is 28.5 Å². The van der Waals surface area contributed by atoms with Crippen LogP contribution in [0.1, 0.15) is 17.4 Å². The molecule has 0 saturated carbocycles. The minimum atomic E-state index is -0.955. The number of carbonyl (C=O) groups is 1. The van der Waals surface area contributed by atoms with Gasteiger partial charge in [0.1, 0.15) is 17.2 Å². The van der Waals surface area contributed by atoms with E-state index in [2.05, 4.69) is 10.5 Å². The van der Waals surface area contributed by atoms with Crippen molar-refractivity contribution in [2.24, 2.45) is 0 Å². The number of hydrogen-bond acceptors (Lipinski definition) is 6. The molecule has 8 heteroatoms. The Morgan fingerprint density at radius 3 is 2.59 bits per heavy atom. The van der Waals surface area contributed by atoms with Crippen LogP contribution >= 0.6 is 0 Å². The fourth-order valence-electron chi connectivity index (χ4n) is 2.63. The van der Waals surface area contributed by atoms with Crippen LogP contribution in [0, 0.1) is 0 Å². The lowest BCUT2D eigenvalue weighted by Gasteiger charge is -2.08. The first-order valence-electron chi connectivity index (χ1n) is 8.14. The predicted octanol–water partition coefficient (Wildman–Crippen LogP) is 3.48. The van der Waals surface area contributed by atoms with Crippen LogP contribution in [-0.2, 0) is 0 Å². The van der Waals surface area contributed by atoms with Crippen LogP contribution in [0.2, 0.25) is 0 Å². The van der Waals surface area contributed by atoms with Gasteiger partial charge < -0.3 is 24.8 Å². The van der Waals surface area contributed by atoms with E-state index in [4.69, 9.17) is 9.26 Å². The van der Waals surface area contributed by atoms with Crippen molar-refractivity contribution in [3.63, 3.8) is 0 Å². The molecule has 3 rings (SSSR count). The first-order chi connectivity index (χ1) is 13.0. The second kappa shape index (κ2) is 7.77. The third-order valence-electron chi connectivity index (χ3n) is 3.83. The molecule has 0 spiro atoms. The number of alkyl halides is 1. The fraction of sp³-hybridized carbons (Fsp3) is 0.158. The van der Waals surface area contributed by atoms with Crippen molar-refractivity contribution in [1.82, 2.24) is 10.5 Å². The number of phenolic OH excluding ortho intramolecular Hbond substituents is 2. The third-order valence-corrected chi connectivity index (χ3v) is 3.83. The number of aromatic hydroxyl groups is 2. The van der Waals surface area contributed by atoms with Gasteiger partial charge >= 0.3 is 0 Å². The summed E-state index contributed by atoms with van der Waals surface area (Å²) in [5.41, 5.74) is 1.22. The Morgan fingerprint density at radius 2 is 1.96 bits per heavy atom. The summed E-state index contributed by atoms with van der Waals surface area (Å²) < 4.78 is 22.5. The molecule has 0 aliphatic carbocycles. The van der Waals surface area contributed by atoms with Gasteiger partial charge in [0, 0.05) is 12.6 Å². The van der Waals surface area contributed by atoms with E-state index in [0.717, 1.165) is 6.07 Å². The van der Waals surface area contributed by atoms with Crippen molar-refractivity contribution in [3.8, 4) is 39.7 Å². The van der Waals surface area contributed by atoms with Crippen molar-refractivity contribution in [2.45, 2.75) is 6.92 Å². The van der Waals surface area contributed by atoms with Crippen LogP contribution in [0.4, 0.5) is 4.39 Å². The van der Waals surface area contributed by atoms with Crippen LogP contribution in [0.15, 0.2) is 47.0 Å². The molecule has 0 saturated heterocycles. The van der Waals surface area contributed by atoms with Crippen molar-refractivity contribution in [2.75, 3.05) is 13.4 Å². The number of ether oxygens (including phenoxy) is 1. The van der Waals surface area contributed by atoms with E-state index in [0.29, 0.717) is 23.4 Å². The number of rotatable bonds is 6. The maximum absolute atomic E-state index is 12.4. The Bertz CT molecular complexity index is 953. The molecule has 0 unspecified atom stereocenters. The number of carbonyl (C=O) groups excluding carboxylic acids is 1. The largest absolute Gasteiger partial charge is 0.508 e. The number of amides is 1. The van der Waals surface area contributed by atoms with Gasteiger partial charge in [-0.25, -0.2) is 4.39 Å². The molecule has 1 amide bonds. The van der Waals surface area contributed by atoms with Gasteiger partial charge in [-0.15, -0.1) is 0 Å². The Kier molecular flexibility index (Phi) is 5.25. The summed E-state index contributed by atoms with van der Waals surface area (Å²) in [4.78, 5) is 12.4. The Morgan fingerprint density at radius 1 is 1.22 bits per heavy atom. The van der Waals surface area contributed by atoms with Gasteiger partial charge in [-0.2, -0.15) is 0 Å². The second-order valence-electron chi connectivity index (χ2n) is 5.57.